The highest BCUT2D eigenvalue weighted by Crippen LogP contribution is 2.14. The minimum absolute atomic E-state index is 0.0712. The summed E-state index contributed by atoms with van der Waals surface area (Å²) in [7, 11) is 0. The van der Waals surface area contributed by atoms with E-state index < -0.39 is 0 Å². The third-order valence-corrected chi connectivity index (χ3v) is 6.93. The molecular formula is C30H61NO2. The maximum absolute atomic E-state index is 11.9. The van der Waals surface area contributed by atoms with Crippen LogP contribution in [0.25, 0.3) is 0 Å². The zero-order chi connectivity index (χ0) is 24.2. The number of unbranched alkanes of at least 4 members (excludes halogenated alkanes) is 19. The van der Waals surface area contributed by atoms with Crippen LogP contribution in [-0.2, 0) is 4.79 Å². The Labute approximate surface area is 208 Å². The SMILES string of the molecule is CCCCCCCCCCCCNC(=O)CCCCCCCCCC[C@H](O)CCCCCC. The van der Waals surface area contributed by atoms with Crippen molar-refractivity contribution < 1.29 is 9.90 Å². The van der Waals surface area contributed by atoms with Crippen LogP contribution >= 0.6 is 0 Å². The molecule has 0 saturated heterocycles. The number of carbonyl (C=O) groups excluding carboxylic acids is 1. The van der Waals surface area contributed by atoms with Crippen molar-refractivity contribution in [3.05, 3.63) is 0 Å². The molecule has 0 aliphatic carbocycles. The van der Waals surface area contributed by atoms with Gasteiger partial charge in [0.15, 0.2) is 0 Å². The van der Waals surface area contributed by atoms with E-state index in [4.69, 9.17) is 0 Å². The van der Waals surface area contributed by atoms with Crippen LogP contribution < -0.4 is 5.32 Å². The van der Waals surface area contributed by atoms with Gasteiger partial charge in [0, 0.05) is 13.0 Å². The Hall–Kier alpha value is -0.570. The Bertz CT molecular complexity index is 385. The van der Waals surface area contributed by atoms with Crippen LogP contribution in [0.15, 0.2) is 0 Å². The van der Waals surface area contributed by atoms with Gasteiger partial charge in [-0.05, 0) is 25.7 Å². The minimum atomic E-state index is -0.0712. The van der Waals surface area contributed by atoms with Crippen LogP contribution in [0.1, 0.15) is 174 Å². The molecule has 0 spiro atoms. The molecule has 2 N–H and O–H groups in total. The molecule has 0 aliphatic rings. The number of aliphatic hydroxyl groups is 1. The summed E-state index contributed by atoms with van der Waals surface area (Å²) in [5.41, 5.74) is 0. The smallest absolute Gasteiger partial charge is 0.219 e. The van der Waals surface area contributed by atoms with Crippen molar-refractivity contribution in [3.63, 3.8) is 0 Å². The molecule has 198 valence electrons. The quantitative estimate of drug-likeness (QED) is 0.118. The van der Waals surface area contributed by atoms with Gasteiger partial charge in [-0.15, -0.1) is 0 Å². The fourth-order valence-corrected chi connectivity index (χ4v) is 4.61. The summed E-state index contributed by atoms with van der Waals surface area (Å²) in [5.74, 6) is 0.249. The van der Waals surface area contributed by atoms with Crippen molar-refractivity contribution in [2.45, 2.75) is 180 Å². The molecule has 0 aliphatic heterocycles. The van der Waals surface area contributed by atoms with E-state index in [0.717, 1.165) is 32.2 Å². The Morgan fingerprint density at radius 3 is 1.39 bits per heavy atom. The van der Waals surface area contributed by atoms with E-state index in [1.807, 2.05) is 0 Å². The molecule has 0 aromatic heterocycles. The number of carbonyl (C=O) groups is 1. The standard InChI is InChI=1S/C30H61NO2/c1-3-5-7-9-10-11-14-17-20-24-28-31-30(33)27-23-19-16-13-12-15-18-22-26-29(32)25-21-8-6-4-2/h29,32H,3-28H2,1-2H3,(H,31,33)/t29-/m1/s1. The van der Waals surface area contributed by atoms with Gasteiger partial charge in [-0.3, -0.25) is 4.79 Å². The molecule has 1 amide bonds. The highest BCUT2D eigenvalue weighted by Gasteiger charge is 2.04. The molecule has 33 heavy (non-hydrogen) atoms. The van der Waals surface area contributed by atoms with Crippen LogP contribution in [0.2, 0.25) is 0 Å². The number of aliphatic hydroxyl groups excluding tert-OH is 1. The van der Waals surface area contributed by atoms with Crippen molar-refractivity contribution in [1.29, 1.82) is 0 Å². The summed E-state index contributed by atoms with van der Waals surface area (Å²) in [6.45, 7) is 5.37. The Morgan fingerprint density at radius 1 is 0.545 bits per heavy atom. The van der Waals surface area contributed by atoms with Crippen LogP contribution in [0, 0.1) is 0 Å². The number of hydrogen-bond acceptors (Lipinski definition) is 2. The number of rotatable bonds is 27. The highest BCUT2D eigenvalue weighted by atomic mass is 16.3. The lowest BCUT2D eigenvalue weighted by Crippen LogP contribution is -2.23. The fraction of sp³-hybridized carbons (Fsp3) is 0.967. The molecule has 0 aromatic carbocycles. The molecule has 0 bridgehead atoms. The first-order valence-corrected chi connectivity index (χ1v) is 15.2. The first-order chi connectivity index (χ1) is 16.2. The summed E-state index contributed by atoms with van der Waals surface area (Å²) in [6.07, 6.45) is 30.8. The average Bonchev–Trinajstić information content (AvgIpc) is 2.81. The van der Waals surface area contributed by atoms with Crippen LogP contribution in [-0.4, -0.2) is 23.7 Å². The van der Waals surface area contributed by atoms with E-state index in [2.05, 4.69) is 19.2 Å². The molecule has 3 nitrogen and oxygen atoms in total. The summed E-state index contributed by atoms with van der Waals surface area (Å²) >= 11 is 0. The van der Waals surface area contributed by atoms with Crippen molar-refractivity contribution in [2.75, 3.05) is 6.54 Å². The van der Waals surface area contributed by atoms with Gasteiger partial charge < -0.3 is 10.4 Å². The van der Waals surface area contributed by atoms with Crippen LogP contribution in [0.4, 0.5) is 0 Å². The van der Waals surface area contributed by atoms with Crippen molar-refractivity contribution in [3.8, 4) is 0 Å². The predicted molar refractivity (Wildman–Crippen MR) is 146 cm³/mol. The molecule has 0 saturated carbocycles. The minimum Gasteiger partial charge on any atom is -0.393 e. The first kappa shape index (κ1) is 32.4. The maximum Gasteiger partial charge on any atom is 0.219 e. The number of hydrogen-bond donors (Lipinski definition) is 2. The second kappa shape index (κ2) is 27.7. The number of nitrogens with one attached hydrogen (secondary N) is 1. The summed E-state index contributed by atoms with van der Waals surface area (Å²) < 4.78 is 0. The van der Waals surface area contributed by atoms with Crippen LogP contribution in [0.3, 0.4) is 0 Å². The lowest BCUT2D eigenvalue weighted by Gasteiger charge is -2.10. The Balaban J connectivity index is 3.21. The van der Waals surface area contributed by atoms with Crippen molar-refractivity contribution >= 4 is 5.91 Å². The van der Waals surface area contributed by atoms with Gasteiger partial charge in [0.05, 0.1) is 6.10 Å². The second-order valence-corrected chi connectivity index (χ2v) is 10.4. The summed E-state index contributed by atoms with van der Waals surface area (Å²) in [6, 6.07) is 0. The summed E-state index contributed by atoms with van der Waals surface area (Å²) in [4.78, 5) is 11.9. The van der Waals surface area contributed by atoms with Crippen molar-refractivity contribution in [1.82, 2.24) is 5.32 Å². The van der Waals surface area contributed by atoms with Gasteiger partial charge in [-0.1, -0.05) is 142 Å². The zero-order valence-corrected chi connectivity index (χ0v) is 22.8. The molecule has 0 unspecified atom stereocenters. The van der Waals surface area contributed by atoms with Gasteiger partial charge in [-0.2, -0.15) is 0 Å². The van der Waals surface area contributed by atoms with Gasteiger partial charge in [0.1, 0.15) is 0 Å². The van der Waals surface area contributed by atoms with Crippen LogP contribution in [0.5, 0.6) is 0 Å². The lowest BCUT2D eigenvalue weighted by atomic mass is 10.0. The fourth-order valence-electron chi connectivity index (χ4n) is 4.61. The van der Waals surface area contributed by atoms with Gasteiger partial charge in [0.25, 0.3) is 0 Å². The summed E-state index contributed by atoms with van der Waals surface area (Å²) in [5, 5.41) is 13.1. The molecule has 3 heteroatoms. The monoisotopic (exact) mass is 467 g/mol. The lowest BCUT2D eigenvalue weighted by molar-refractivity contribution is -0.121. The molecule has 0 heterocycles. The van der Waals surface area contributed by atoms with Gasteiger partial charge in [-0.25, -0.2) is 0 Å². The third kappa shape index (κ3) is 27.6. The Morgan fingerprint density at radius 2 is 0.909 bits per heavy atom. The predicted octanol–water partition coefficient (Wildman–Crippen LogP) is 9.26. The number of amides is 1. The third-order valence-electron chi connectivity index (χ3n) is 6.93. The van der Waals surface area contributed by atoms with E-state index in [1.54, 1.807) is 0 Å². The molecule has 0 radical (unpaired) electrons. The highest BCUT2D eigenvalue weighted by molar-refractivity contribution is 5.75. The van der Waals surface area contributed by atoms with Gasteiger partial charge in [0.2, 0.25) is 5.91 Å². The first-order valence-electron chi connectivity index (χ1n) is 15.2. The largest absolute Gasteiger partial charge is 0.393 e. The van der Waals surface area contributed by atoms with Crippen molar-refractivity contribution in [2.24, 2.45) is 0 Å². The molecular weight excluding hydrogens is 406 g/mol. The zero-order valence-electron chi connectivity index (χ0n) is 22.8. The van der Waals surface area contributed by atoms with E-state index in [9.17, 15) is 9.90 Å². The van der Waals surface area contributed by atoms with Gasteiger partial charge >= 0.3 is 0 Å². The molecule has 0 aromatic rings. The normalized spacial score (nSPS) is 12.2. The second-order valence-electron chi connectivity index (χ2n) is 10.4. The molecule has 0 fully saturated rings. The Kier molecular flexibility index (Phi) is 27.2. The van der Waals surface area contributed by atoms with E-state index in [-0.39, 0.29) is 12.0 Å². The maximum atomic E-state index is 11.9. The van der Waals surface area contributed by atoms with E-state index in [0.29, 0.717) is 6.42 Å². The van der Waals surface area contributed by atoms with E-state index in [1.165, 1.54) is 128 Å². The molecule has 1 atom stereocenters. The topological polar surface area (TPSA) is 49.3 Å². The van der Waals surface area contributed by atoms with E-state index >= 15 is 0 Å². The molecule has 0 rings (SSSR count). The average molecular weight is 468 g/mol.